The molecule has 1 aliphatic rings. The van der Waals surface area contributed by atoms with Crippen molar-refractivity contribution in [3.05, 3.63) is 0 Å². The number of imide groups is 1. The van der Waals surface area contributed by atoms with Gasteiger partial charge in [-0.25, -0.2) is 0 Å². The van der Waals surface area contributed by atoms with Gasteiger partial charge in [-0.05, 0) is 6.42 Å². The van der Waals surface area contributed by atoms with Crippen LogP contribution in [0.25, 0.3) is 0 Å². The Balaban J connectivity index is 2.70. The molecule has 1 saturated heterocycles. The molecule has 1 fully saturated rings. The third-order valence-electron chi connectivity index (χ3n) is 1.17. The molecule has 0 saturated carbocycles. The van der Waals surface area contributed by atoms with Gasteiger partial charge in [0.05, 0.1) is 7.39 Å². The van der Waals surface area contributed by atoms with Gasteiger partial charge in [0, 0.05) is 6.42 Å². The first-order valence-corrected chi connectivity index (χ1v) is 2.65. The molecule has 2 amide bonds. The van der Waals surface area contributed by atoms with Crippen molar-refractivity contribution in [1.82, 2.24) is 5.32 Å². The Morgan fingerprint density at radius 2 is 2.44 bits per heavy atom. The maximum Gasteiger partial charge on any atom is 0.243 e. The van der Waals surface area contributed by atoms with Crippen molar-refractivity contribution in [3.63, 3.8) is 0 Å². The van der Waals surface area contributed by atoms with Crippen molar-refractivity contribution in [2.75, 3.05) is 0 Å². The Labute approximate surface area is 53.8 Å². The number of hydrogen-bond acceptors (Lipinski definition) is 3. The van der Waals surface area contributed by atoms with Crippen molar-refractivity contribution in [3.8, 4) is 0 Å². The van der Waals surface area contributed by atoms with Crippen LogP contribution in [-0.2, 0) is 9.59 Å². The van der Waals surface area contributed by atoms with Crippen LogP contribution in [0, 0.1) is 0 Å². The van der Waals surface area contributed by atoms with Gasteiger partial charge in [-0.15, -0.1) is 0 Å². The van der Waals surface area contributed by atoms with Crippen LogP contribution in [0.4, 0.5) is 0 Å². The summed E-state index contributed by atoms with van der Waals surface area (Å²) >= 11 is 0. The number of piperidine rings is 1. The summed E-state index contributed by atoms with van der Waals surface area (Å²) in [6, 6.07) is -1.60. The van der Waals surface area contributed by atoms with E-state index in [1.807, 2.05) is 5.32 Å². The fourth-order valence-corrected chi connectivity index (χ4v) is 0.631. The van der Waals surface area contributed by atoms with E-state index in [0.717, 1.165) is 0 Å². The lowest BCUT2D eigenvalue weighted by molar-refractivity contribution is -0.134. The number of carbonyl (C=O) groups is 2. The van der Waals surface area contributed by atoms with Crippen LogP contribution in [0.5, 0.6) is 0 Å². The summed E-state index contributed by atoms with van der Waals surface area (Å²) in [5.41, 5.74) is 5.19. The highest BCUT2D eigenvalue weighted by Gasteiger charge is 2.22. The van der Waals surface area contributed by atoms with Crippen molar-refractivity contribution >= 4 is 11.8 Å². The molecule has 4 heteroatoms. The Kier molecular flexibility index (Phi) is 1.17. The summed E-state index contributed by atoms with van der Waals surface area (Å²) in [5, 5.41) is 1.98. The monoisotopic (exact) mass is 129 g/mol. The van der Waals surface area contributed by atoms with E-state index >= 15 is 0 Å². The molecule has 0 aromatic carbocycles. The van der Waals surface area contributed by atoms with Crippen LogP contribution in [0.15, 0.2) is 0 Å². The predicted molar refractivity (Wildman–Crippen MR) is 30.4 cm³/mol. The second kappa shape index (κ2) is 2.14. The second-order valence-corrected chi connectivity index (χ2v) is 1.90. The van der Waals surface area contributed by atoms with E-state index in [0.29, 0.717) is 0 Å². The maximum absolute atomic E-state index is 10.7. The second-order valence-electron chi connectivity index (χ2n) is 1.90. The summed E-state index contributed by atoms with van der Waals surface area (Å²) < 4.78 is 7.14. The van der Waals surface area contributed by atoms with Crippen molar-refractivity contribution in [2.24, 2.45) is 5.73 Å². The minimum atomic E-state index is -1.60. The number of nitrogens with one attached hydrogen (secondary N) is 1. The van der Waals surface area contributed by atoms with Crippen LogP contribution in [0.1, 0.15) is 14.2 Å². The van der Waals surface area contributed by atoms with Crippen LogP contribution in [0.2, 0.25) is 0 Å². The Morgan fingerprint density at radius 1 is 1.78 bits per heavy atom. The van der Waals surface area contributed by atoms with E-state index in [9.17, 15) is 9.59 Å². The summed E-state index contributed by atoms with van der Waals surface area (Å²) in [6.07, 6.45) is 0.267. The molecule has 1 heterocycles. The first-order valence-electron chi connectivity index (χ1n) is 3.15. The smallest absolute Gasteiger partial charge is 0.243 e. The molecule has 0 radical (unpaired) electrons. The molecule has 1 atom stereocenters. The van der Waals surface area contributed by atoms with Gasteiger partial charge in [-0.2, -0.15) is 0 Å². The molecular formula is C5H8N2O2. The lowest BCUT2D eigenvalue weighted by Crippen LogP contribution is -2.48. The zero-order valence-electron chi connectivity index (χ0n) is 5.81. The van der Waals surface area contributed by atoms with Crippen LogP contribution in [0.3, 0.4) is 0 Å². The molecule has 1 unspecified atom stereocenters. The lowest BCUT2D eigenvalue weighted by atomic mass is 10.1. The first kappa shape index (κ1) is 4.93. The molecule has 50 valence electrons. The number of carbonyl (C=O) groups excluding carboxylic acids is 2. The fraction of sp³-hybridized carbons (Fsp3) is 0.600. The van der Waals surface area contributed by atoms with Gasteiger partial charge in [-0.3, -0.25) is 14.9 Å². The third-order valence-corrected chi connectivity index (χ3v) is 1.17. The largest absolute Gasteiger partial charge is 0.320 e. The normalized spacial score (nSPS) is 37.7. The molecule has 9 heavy (non-hydrogen) atoms. The quantitative estimate of drug-likeness (QED) is 0.401. The van der Waals surface area contributed by atoms with Gasteiger partial charge in [0.1, 0.15) is 0 Å². The summed E-state index contributed by atoms with van der Waals surface area (Å²) in [7, 11) is 0. The molecule has 4 nitrogen and oxygen atoms in total. The van der Waals surface area contributed by atoms with Crippen molar-refractivity contribution in [2.45, 2.75) is 18.9 Å². The minimum Gasteiger partial charge on any atom is -0.320 e. The van der Waals surface area contributed by atoms with Gasteiger partial charge < -0.3 is 5.73 Å². The number of amides is 2. The summed E-state index contributed by atoms with van der Waals surface area (Å²) in [6.45, 7) is 0. The van der Waals surface area contributed by atoms with E-state index < -0.39 is 11.9 Å². The summed E-state index contributed by atoms with van der Waals surface area (Å²) in [5.74, 6) is -1.05. The van der Waals surface area contributed by atoms with Crippen LogP contribution < -0.4 is 11.1 Å². The highest BCUT2D eigenvalue weighted by atomic mass is 16.2. The standard InChI is InChI=1S/C5H8N2O2/c6-3-1-2-4(8)7-5(3)9/h3H,1-2,6H2,(H,7,8,9)/i3D. The topological polar surface area (TPSA) is 72.2 Å². The lowest BCUT2D eigenvalue weighted by Gasteiger charge is -2.15. The number of hydrogen-bond donors (Lipinski definition) is 2. The van der Waals surface area contributed by atoms with E-state index in [1.165, 1.54) is 0 Å². The highest BCUT2D eigenvalue weighted by molar-refractivity contribution is 6.00. The van der Waals surface area contributed by atoms with Crippen molar-refractivity contribution < 1.29 is 11.0 Å². The van der Waals surface area contributed by atoms with Gasteiger partial charge in [-0.1, -0.05) is 0 Å². The van der Waals surface area contributed by atoms with Gasteiger partial charge in [0.25, 0.3) is 0 Å². The fourth-order valence-electron chi connectivity index (χ4n) is 0.631. The van der Waals surface area contributed by atoms with Crippen molar-refractivity contribution in [1.29, 1.82) is 0 Å². The SMILES string of the molecule is [2H]C1(N)CCC(=O)NC1=O. The average Bonchev–Trinajstić information content (AvgIpc) is 1.81. The first-order chi connectivity index (χ1) is 4.52. The van der Waals surface area contributed by atoms with Gasteiger partial charge >= 0.3 is 0 Å². The van der Waals surface area contributed by atoms with E-state index in [1.54, 1.807) is 0 Å². The van der Waals surface area contributed by atoms with E-state index in [2.05, 4.69) is 0 Å². The molecule has 1 rings (SSSR count). The van der Waals surface area contributed by atoms with Gasteiger partial charge in [0.15, 0.2) is 0 Å². The zero-order chi connectivity index (χ0) is 7.78. The predicted octanol–water partition coefficient (Wildman–Crippen LogP) is -1.25. The Hall–Kier alpha value is -0.900. The molecule has 1 aliphatic heterocycles. The van der Waals surface area contributed by atoms with E-state index in [4.69, 9.17) is 7.10 Å². The minimum absolute atomic E-state index is 0.109. The average molecular weight is 129 g/mol. The Morgan fingerprint density at radius 3 is 2.89 bits per heavy atom. The molecular weight excluding hydrogens is 120 g/mol. The Bertz CT molecular complexity index is 190. The molecule has 0 spiro atoms. The molecule has 0 aliphatic carbocycles. The maximum atomic E-state index is 10.7. The third kappa shape index (κ3) is 1.26. The number of rotatable bonds is 0. The van der Waals surface area contributed by atoms with Crippen LogP contribution >= 0.6 is 0 Å². The highest BCUT2D eigenvalue weighted by Crippen LogP contribution is 2.00. The molecule has 3 N–H and O–H groups in total. The summed E-state index contributed by atoms with van der Waals surface area (Å²) in [4.78, 5) is 21.2. The van der Waals surface area contributed by atoms with E-state index in [-0.39, 0.29) is 18.7 Å². The van der Waals surface area contributed by atoms with Gasteiger partial charge in [0.2, 0.25) is 11.8 Å². The molecule has 0 bridgehead atoms. The van der Waals surface area contributed by atoms with Crippen LogP contribution in [-0.4, -0.2) is 17.8 Å². The zero-order valence-corrected chi connectivity index (χ0v) is 4.81. The molecule has 0 aromatic rings. The number of nitrogens with two attached hydrogens (primary N) is 1. The molecule has 0 aromatic heterocycles.